The maximum atomic E-state index is 6.23. The van der Waals surface area contributed by atoms with Crippen LogP contribution < -0.4 is 4.74 Å². The molecule has 25 heavy (non-hydrogen) atoms. The van der Waals surface area contributed by atoms with Crippen molar-refractivity contribution in [3.8, 4) is 28.3 Å². The van der Waals surface area contributed by atoms with Gasteiger partial charge < -0.3 is 9.15 Å². The third-order valence-electron chi connectivity index (χ3n) is 4.69. The van der Waals surface area contributed by atoms with E-state index in [4.69, 9.17) is 14.1 Å². The molecule has 0 radical (unpaired) electrons. The quantitative estimate of drug-likeness (QED) is 0.483. The SMILES string of the molecule is CC1(C)Oc2ccccc2-c2nc3ccc(-c4cnco4)cc3cc21. The molecule has 0 spiro atoms. The summed E-state index contributed by atoms with van der Waals surface area (Å²) in [4.78, 5) is 8.94. The van der Waals surface area contributed by atoms with Crippen LogP contribution in [0.15, 0.2) is 65.5 Å². The van der Waals surface area contributed by atoms with E-state index < -0.39 is 5.60 Å². The van der Waals surface area contributed by atoms with Gasteiger partial charge in [-0.05, 0) is 50.2 Å². The molecule has 0 atom stereocenters. The van der Waals surface area contributed by atoms with Crippen LogP contribution in [0.1, 0.15) is 19.4 Å². The van der Waals surface area contributed by atoms with Crippen molar-refractivity contribution >= 4 is 10.9 Å². The van der Waals surface area contributed by atoms with Gasteiger partial charge in [0.15, 0.2) is 12.2 Å². The van der Waals surface area contributed by atoms with Gasteiger partial charge in [0, 0.05) is 22.1 Å². The van der Waals surface area contributed by atoms with Crippen LogP contribution in [0.25, 0.3) is 33.5 Å². The molecule has 2 aromatic heterocycles. The molecule has 5 rings (SSSR count). The lowest BCUT2D eigenvalue weighted by molar-refractivity contribution is 0.105. The molecule has 4 aromatic rings. The summed E-state index contributed by atoms with van der Waals surface area (Å²) < 4.78 is 11.6. The summed E-state index contributed by atoms with van der Waals surface area (Å²) in [7, 11) is 0. The van der Waals surface area contributed by atoms with Crippen molar-refractivity contribution in [1.82, 2.24) is 9.97 Å². The van der Waals surface area contributed by atoms with Gasteiger partial charge in [-0.3, -0.25) is 0 Å². The number of rotatable bonds is 1. The van der Waals surface area contributed by atoms with Gasteiger partial charge in [-0.2, -0.15) is 0 Å². The summed E-state index contributed by atoms with van der Waals surface area (Å²) in [6.45, 7) is 4.16. The first-order valence-corrected chi connectivity index (χ1v) is 8.24. The second-order valence-electron chi connectivity index (χ2n) is 6.77. The summed E-state index contributed by atoms with van der Waals surface area (Å²) in [6.07, 6.45) is 3.16. The molecule has 1 aliphatic rings. The Morgan fingerprint density at radius 3 is 2.72 bits per heavy atom. The standard InChI is InChI=1S/C21H16N2O2/c1-21(2)16-10-14-9-13(19-11-22-12-24-19)7-8-17(14)23-20(16)15-5-3-4-6-18(15)25-21/h3-12H,1-2H3. The Labute approximate surface area is 145 Å². The Bertz CT molecular complexity index is 1100. The third-order valence-corrected chi connectivity index (χ3v) is 4.69. The molecule has 0 N–H and O–H groups in total. The molecule has 1 aliphatic heterocycles. The number of fused-ring (bicyclic) bond motifs is 4. The molecule has 0 aliphatic carbocycles. The summed E-state index contributed by atoms with van der Waals surface area (Å²) >= 11 is 0. The first-order chi connectivity index (χ1) is 12.1. The Morgan fingerprint density at radius 1 is 1.00 bits per heavy atom. The second kappa shape index (κ2) is 4.93. The van der Waals surface area contributed by atoms with Crippen LogP contribution in [0, 0.1) is 0 Å². The van der Waals surface area contributed by atoms with Crippen LogP contribution in [-0.4, -0.2) is 9.97 Å². The van der Waals surface area contributed by atoms with E-state index in [1.807, 2.05) is 30.3 Å². The summed E-state index contributed by atoms with van der Waals surface area (Å²) in [5, 5.41) is 1.06. The fourth-order valence-electron chi connectivity index (χ4n) is 3.43. The average molecular weight is 328 g/mol. The molecular weight excluding hydrogens is 312 g/mol. The molecule has 0 amide bonds. The van der Waals surface area contributed by atoms with Gasteiger partial charge >= 0.3 is 0 Å². The first-order valence-electron chi connectivity index (χ1n) is 8.24. The summed E-state index contributed by atoms with van der Waals surface area (Å²) in [6, 6.07) is 16.4. The maximum Gasteiger partial charge on any atom is 0.181 e. The molecule has 0 fully saturated rings. The van der Waals surface area contributed by atoms with E-state index in [2.05, 4.69) is 37.0 Å². The molecule has 0 saturated carbocycles. The van der Waals surface area contributed by atoms with Crippen LogP contribution in [0.5, 0.6) is 5.75 Å². The van der Waals surface area contributed by atoms with Crippen molar-refractivity contribution in [2.24, 2.45) is 0 Å². The zero-order valence-electron chi connectivity index (χ0n) is 14.0. The Kier molecular flexibility index (Phi) is 2.80. The molecule has 4 heteroatoms. The molecule has 0 bridgehead atoms. The number of hydrogen-bond acceptors (Lipinski definition) is 4. The van der Waals surface area contributed by atoms with E-state index in [0.29, 0.717) is 0 Å². The highest BCUT2D eigenvalue weighted by Crippen LogP contribution is 2.45. The topological polar surface area (TPSA) is 48.2 Å². The highest BCUT2D eigenvalue weighted by atomic mass is 16.5. The number of aromatic nitrogens is 2. The van der Waals surface area contributed by atoms with Crippen molar-refractivity contribution < 1.29 is 9.15 Å². The third kappa shape index (κ3) is 2.14. The minimum Gasteiger partial charge on any atom is -0.482 e. The van der Waals surface area contributed by atoms with E-state index in [-0.39, 0.29) is 0 Å². The number of hydrogen-bond donors (Lipinski definition) is 0. The fraction of sp³-hybridized carbons (Fsp3) is 0.143. The van der Waals surface area contributed by atoms with Crippen molar-refractivity contribution in [1.29, 1.82) is 0 Å². The maximum absolute atomic E-state index is 6.23. The number of oxazole rings is 1. The predicted octanol–water partition coefficient (Wildman–Crippen LogP) is 5.18. The molecule has 2 aromatic carbocycles. The van der Waals surface area contributed by atoms with Crippen molar-refractivity contribution in [2.45, 2.75) is 19.4 Å². The normalized spacial score (nSPS) is 14.6. The number of ether oxygens (including phenoxy) is 1. The van der Waals surface area contributed by atoms with Crippen LogP contribution in [0.4, 0.5) is 0 Å². The van der Waals surface area contributed by atoms with Crippen molar-refractivity contribution in [3.05, 3.63) is 66.7 Å². The predicted molar refractivity (Wildman–Crippen MR) is 96.3 cm³/mol. The Morgan fingerprint density at radius 2 is 1.88 bits per heavy atom. The highest BCUT2D eigenvalue weighted by molar-refractivity contribution is 5.88. The monoisotopic (exact) mass is 328 g/mol. The molecule has 122 valence electrons. The lowest BCUT2D eigenvalue weighted by Gasteiger charge is -2.34. The highest BCUT2D eigenvalue weighted by Gasteiger charge is 2.33. The van der Waals surface area contributed by atoms with E-state index in [1.54, 1.807) is 6.20 Å². The zero-order valence-corrected chi connectivity index (χ0v) is 14.0. The number of benzene rings is 2. The van der Waals surface area contributed by atoms with Gasteiger partial charge in [0.2, 0.25) is 0 Å². The minimum absolute atomic E-state index is 0.437. The van der Waals surface area contributed by atoms with Gasteiger partial charge in [-0.15, -0.1) is 0 Å². The first kappa shape index (κ1) is 14.2. The van der Waals surface area contributed by atoms with Crippen molar-refractivity contribution in [3.63, 3.8) is 0 Å². The van der Waals surface area contributed by atoms with E-state index >= 15 is 0 Å². The molecule has 4 nitrogen and oxygen atoms in total. The molecule has 0 saturated heterocycles. The summed E-state index contributed by atoms with van der Waals surface area (Å²) in [5.74, 6) is 1.63. The van der Waals surface area contributed by atoms with Crippen LogP contribution in [0.3, 0.4) is 0 Å². The molecule has 3 heterocycles. The van der Waals surface area contributed by atoms with Gasteiger partial charge in [0.25, 0.3) is 0 Å². The fourth-order valence-corrected chi connectivity index (χ4v) is 3.43. The second-order valence-corrected chi connectivity index (χ2v) is 6.77. The zero-order chi connectivity index (χ0) is 17.0. The smallest absolute Gasteiger partial charge is 0.181 e. The number of para-hydroxylation sites is 1. The minimum atomic E-state index is -0.437. The number of pyridine rings is 1. The van der Waals surface area contributed by atoms with Gasteiger partial charge in [0.05, 0.1) is 17.4 Å². The lowest BCUT2D eigenvalue weighted by Crippen LogP contribution is -2.29. The lowest BCUT2D eigenvalue weighted by atomic mass is 9.88. The van der Waals surface area contributed by atoms with Crippen LogP contribution in [0.2, 0.25) is 0 Å². The number of nitrogens with zero attached hydrogens (tertiary/aromatic N) is 2. The van der Waals surface area contributed by atoms with E-state index in [0.717, 1.165) is 44.8 Å². The van der Waals surface area contributed by atoms with Gasteiger partial charge in [-0.1, -0.05) is 12.1 Å². The van der Waals surface area contributed by atoms with Crippen LogP contribution >= 0.6 is 0 Å². The Hall–Kier alpha value is -3.14. The van der Waals surface area contributed by atoms with E-state index in [9.17, 15) is 0 Å². The van der Waals surface area contributed by atoms with Crippen molar-refractivity contribution in [2.75, 3.05) is 0 Å². The summed E-state index contributed by atoms with van der Waals surface area (Å²) in [5.41, 5.74) is 4.63. The van der Waals surface area contributed by atoms with Crippen LogP contribution in [-0.2, 0) is 5.60 Å². The van der Waals surface area contributed by atoms with Gasteiger partial charge in [0.1, 0.15) is 11.4 Å². The Balaban J connectivity index is 1.77. The largest absolute Gasteiger partial charge is 0.482 e. The molecular formula is C21H16N2O2. The molecule has 0 unspecified atom stereocenters. The average Bonchev–Trinajstić information content (AvgIpc) is 3.14. The van der Waals surface area contributed by atoms with Gasteiger partial charge in [-0.25, -0.2) is 9.97 Å². The van der Waals surface area contributed by atoms with E-state index in [1.165, 1.54) is 6.39 Å².